The Morgan fingerprint density at radius 2 is 1.84 bits per heavy atom. The molecule has 0 saturated carbocycles. The molecule has 7 heteroatoms. The number of carbonyl (C=O) groups is 1. The lowest BCUT2D eigenvalue weighted by Gasteiger charge is -2.32. The highest BCUT2D eigenvalue weighted by molar-refractivity contribution is 7.89. The van der Waals surface area contributed by atoms with Crippen LogP contribution in [0, 0.1) is 20.8 Å². The summed E-state index contributed by atoms with van der Waals surface area (Å²) in [6.45, 7) is 10.4. The zero-order valence-electron chi connectivity index (χ0n) is 18.6. The molecule has 2 aromatic carbocycles. The Hall–Kier alpha value is -2.64. The van der Waals surface area contributed by atoms with Crippen LogP contribution in [0.1, 0.15) is 48.2 Å². The van der Waals surface area contributed by atoms with Crippen molar-refractivity contribution in [3.8, 4) is 0 Å². The summed E-state index contributed by atoms with van der Waals surface area (Å²) in [5, 5.41) is 3.98. The number of anilines is 1. The molecule has 1 aromatic heterocycles. The van der Waals surface area contributed by atoms with Crippen LogP contribution in [0.15, 0.2) is 35.2 Å². The molecular formula is C24H29N3O3S. The van der Waals surface area contributed by atoms with Gasteiger partial charge in [0.2, 0.25) is 15.9 Å². The molecule has 0 fully saturated rings. The molecule has 0 unspecified atom stereocenters. The normalized spacial score (nSPS) is 15.7. The number of aromatic amines is 1. The van der Waals surface area contributed by atoms with Crippen molar-refractivity contribution in [2.45, 2.75) is 57.8 Å². The summed E-state index contributed by atoms with van der Waals surface area (Å²) < 4.78 is 28.7. The highest BCUT2D eigenvalue weighted by Crippen LogP contribution is 2.38. The van der Waals surface area contributed by atoms with E-state index in [1.54, 1.807) is 18.2 Å². The molecule has 0 radical (unpaired) electrons. The minimum Gasteiger partial charge on any atom is -0.358 e. The molecule has 0 aliphatic carbocycles. The first-order valence-electron chi connectivity index (χ1n) is 10.5. The van der Waals surface area contributed by atoms with E-state index in [4.69, 9.17) is 0 Å². The summed E-state index contributed by atoms with van der Waals surface area (Å²) in [6, 6.07) is 9.20. The van der Waals surface area contributed by atoms with Crippen molar-refractivity contribution in [3.63, 3.8) is 0 Å². The summed E-state index contributed by atoms with van der Waals surface area (Å²) in [7, 11) is -3.67. The Bertz CT molecular complexity index is 1300. The summed E-state index contributed by atoms with van der Waals surface area (Å²) in [5.74, 6) is -0.0502. The minimum absolute atomic E-state index is 0.0502. The van der Waals surface area contributed by atoms with E-state index in [9.17, 15) is 13.2 Å². The van der Waals surface area contributed by atoms with Crippen molar-refractivity contribution in [3.05, 3.63) is 58.3 Å². The van der Waals surface area contributed by atoms with Crippen LogP contribution in [0.25, 0.3) is 10.9 Å². The van der Waals surface area contributed by atoms with Crippen molar-refractivity contribution in [2.24, 2.45) is 0 Å². The summed E-state index contributed by atoms with van der Waals surface area (Å²) in [6.07, 6.45) is 0.927. The SMILES string of the molecule is Cc1cc(C)c2[nH]c(C)c(CCNS(=O)(=O)c3ccc4c(c3)C(C)(C)CC(=O)N4)c2c1. The molecule has 6 nitrogen and oxygen atoms in total. The summed E-state index contributed by atoms with van der Waals surface area (Å²) in [4.78, 5) is 15.6. The maximum absolute atomic E-state index is 13.0. The number of hydrogen-bond donors (Lipinski definition) is 3. The van der Waals surface area contributed by atoms with Crippen LogP contribution < -0.4 is 10.0 Å². The first kappa shape index (κ1) is 21.6. The molecule has 1 aliphatic rings. The highest BCUT2D eigenvalue weighted by atomic mass is 32.2. The monoisotopic (exact) mass is 439 g/mol. The predicted molar refractivity (Wildman–Crippen MR) is 124 cm³/mol. The Balaban J connectivity index is 1.56. The van der Waals surface area contributed by atoms with Gasteiger partial charge in [-0.25, -0.2) is 13.1 Å². The number of H-pyrrole nitrogens is 1. The molecule has 1 amide bonds. The quantitative estimate of drug-likeness (QED) is 0.555. The molecule has 1 aliphatic heterocycles. The van der Waals surface area contributed by atoms with E-state index in [0.717, 1.165) is 27.7 Å². The van der Waals surface area contributed by atoms with Crippen LogP contribution in [0.4, 0.5) is 5.69 Å². The first-order valence-corrected chi connectivity index (χ1v) is 12.0. The Morgan fingerprint density at radius 1 is 1.10 bits per heavy atom. The number of benzene rings is 2. The Labute approximate surface area is 183 Å². The highest BCUT2D eigenvalue weighted by Gasteiger charge is 2.33. The summed E-state index contributed by atoms with van der Waals surface area (Å²) >= 11 is 0. The zero-order chi connectivity index (χ0) is 22.6. The first-order chi connectivity index (χ1) is 14.5. The van der Waals surface area contributed by atoms with Crippen molar-refractivity contribution >= 4 is 32.5 Å². The third-order valence-corrected chi connectivity index (χ3v) is 7.60. The van der Waals surface area contributed by atoms with E-state index < -0.39 is 15.4 Å². The van der Waals surface area contributed by atoms with Gasteiger partial charge in [0.1, 0.15) is 0 Å². The van der Waals surface area contributed by atoms with Crippen LogP contribution in [0.3, 0.4) is 0 Å². The smallest absolute Gasteiger partial charge is 0.240 e. The third kappa shape index (κ3) is 4.00. The van der Waals surface area contributed by atoms with Gasteiger partial charge in [0.15, 0.2) is 0 Å². The number of nitrogens with one attached hydrogen (secondary N) is 3. The zero-order valence-corrected chi connectivity index (χ0v) is 19.5. The number of sulfonamides is 1. The van der Waals surface area contributed by atoms with Crippen molar-refractivity contribution in [1.82, 2.24) is 9.71 Å². The van der Waals surface area contributed by atoms with E-state index in [1.807, 2.05) is 20.8 Å². The number of fused-ring (bicyclic) bond motifs is 2. The van der Waals surface area contributed by atoms with Gasteiger partial charge in [-0.3, -0.25) is 4.79 Å². The number of aryl methyl sites for hydroxylation is 3. The fraction of sp³-hybridized carbons (Fsp3) is 0.375. The fourth-order valence-electron chi connectivity index (χ4n) is 4.60. The third-order valence-electron chi connectivity index (χ3n) is 6.14. The van der Waals surface area contributed by atoms with Crippen molar-refractivity contribution in [2.75, 3.05) is 11.9 Å². The van der Waals surface area contributed by atoms with Crippen molar-refractivity contribution < 1.29 is 13.2 Å². The Kier molecular flexibility index (Phi) is 5.22. The van der Waals surface area contributed by atoms with E-state index in [0.29, 0.717) is 25.1 Å². The van der Waals surface area contributed by atoms with Crippen LogP contribution >= 0.6 is 0 Å². The van der Waals surface area contributed by atoms with Gasteiger partial charge in [-0.05, 0) is 68.1 Å². The lowest BCUT2D eigenvalue weighted by Crippen LogP contribution is -2.33. The lowest BCUT2D eigenvalue weighted by atomic mass is 9.78. The number of carbonyl (C=O) groups excluding carboxylic acids is 1. The molecular weight excluding hydrogens is 410 g/mol. The molecule has 2 heterocycles. The van der Waals surface area contributed by atoms with Gasteiger partial charge in [-0.1, -0.05) is 25.5 Å². The van der Waals surface area contributed by atoms with E-state index in [-0.39, 0.29) is 10.8 Å². The second-order valence-electron chi connectivity index (χ2n) is 9.20. The molecule has 31 heavy (non-hydrogen) atoms. The molecule has 3 aromatic rings. The largest absolute Gasteiger partial charge is 0.358 e. The van der Waals surface area contributed by atoms with Gasteiger partial charge in [-0.15, -0.1) is 0 Å². The molecule has 0 bridgehead atoms. The Morgan fingerprint density at radius 3 is 2.58 bits per heavy atom. The van der Waals surface area contributed by atoms with Crippen LogP contribution in [0.5, 0.6) is 0 Å². The maximum atomic E-state index is 13.0. The second kappa shape index (κ2) is 7.50. The fourth-order valence-corrected chi connectivity index (χ4v) is 5.66. The molecule has 0 atom stereocenters. The number of aromatic nitrogens is 1. The standard InChI is InChI=1S/C24H29N3O3S/c1-14-10-15(2)23-19(11-14)18(16(3)26-23)8-9-25-31(29,30)17-6-7-21-20(12-17)24(4,5)13-22(28)27-21/h6-7,10-12,25-26H,8-9,13H2,1-5H3,(H,27,28). The van der Waals surface area contributed by atoms with Gasteiger partial charge in [0.25, 0.3) is 0 Å². The molecule has 4 rings (SSSR count). The molecule has 164 valence electrons. The van der Waals surface area contributed by atoms with Crippen LogP contribution in [-0.4, -0.2) is 25.9 Å². The maximum Gasteiger partial charge on any atom is 0.240 e. The van der Waals surface area contributed by atoms with Gasteiger partial charge < -0.3 is 10.3 Å². The lowest BCUT2D eigenvalue weighted by molar-refractivity contribution is -0.117. The molecule has 0 saturated heterocycles. The minimum atomic E-state index is -3.67. The van der Waals surface area contributed by atoms with Gasteiger partial charge in [0.05, 0.1) is 4.90 Å². The molecule has 3 N–H and O–H groups in total. The average Bonchev–Trinajstić information content (AvgIpc) is 2.97. The number of amides is 1. The second-order valence-corrected chi connectivity index (χ2v) is 11.0. The van der Waals surface area contributed by atoms with E-state index in [1.165, 1.54) is 11.1 Å². The predicted octanol–water partition coefficient (Wildman–Crippen LogP) is 4.23. The molecule has 0 spiro atoms. The number of rotatable bonds is 5. The van der Waals surface area contributed by atoms with Crippen molar-refractivity contribution in [1.29, 1.82) is 0 Å². The van der Waals surface area contributed by atoms with Gasteiger partial charge in [-0.2, -0.15) is 0 Å². The number of hydrogen-bond acceptors (Lipinski definition) is 3. The topological polar surface area (TPSA) is 91.1 Å². The van der Waals surface area contributed by atoms with Gasteiger partial charge >= 0.3 is 0 Å². The van der Waals surface area contributed by atoms with E-state index >= 15 is 0 Å². The van der Waals surface area contributed by atoms with Crippen LogP contribution in [0.2, 0.25) is 0 Å². The summed E-state index contributed by atoms with van der Waals surface area (Å²) in [5.41, 5.74) is 6.80. The van der Waals surface area contributed by atoms with Gasteiger partial charge in [0, 0.05) is 40.7 Å². The average molecular weight is 440 g/mol. The van der Waals surface area contributed by atoms with E-state index in [2.05, 4.69) is 41.0 Å². The van der Waals surface area contributed by atoms with Crippen LogP contribution in [-0.2, 0) is 26.7 Å².